The number of halogens is 1. The molecule has 2 aromatic rings. The minimum atomic E-state index is -0.0318. The summed E-state index contributed by atoms with van der Waals surface area (Å²) in [6.07, 6.45) is 1.16. The Morgan fingerprint density at radius 1 is 1.12 bits per heavy atom. The first-order chi connectivity index (χ1) is 12.1. The molecule has 0 unspecified atom stereocenters. The minimum absolute atomic E-state index is 0. The van der Waals surface area contributed by atoms with Crippen molar-refractivity contribution in [1.29, 1.82) is 0 Å². The molecular weight excluding hydrogens is 352 g/mol. The molecule has 3 N–H and O–H groups in total. The van der Waals surface area contributed by atoms with Gasteiger partial charge in [0.25, 0.3) is 0 Å². The molecule has 0 fully saturated rings. The second-order valence-corrected chi connectivity index (χ2v) is 6.00. The Hall–Kier alpha value is -2.24. The molecule has 0 saturated heterocycles. The van der Waals surface area contributed by atoms with Gasteiger partial charge in [-0.2, -0.15) is 0 Å². The number of aryl methyl sites for hydroxylation is 1. The molecule has 1 amide bonds. The van der Waals surface area contributed by atoms with E-state index in [1.54, 1.807) is 19.2 Å². The van der Waals surface area contributed by atoms with Crippen LogP contribution in [0.25, 0.3) is 0 Å². The van der Waals surface area contributed by atoms with Crippen LogP contribution in [0.15, 0.2) is 42.5 Å². The van der Waals surface area contributed by atoms with Crippen LogP contribution in [0.5, 0.6) is 5.75 Å². The lowest BCUT2D eigenvalue weighted by atomic mass is 10.1. The molecule has 5 nitrogen and oxygen atoms in total. The Morgan fingerprint density at radius 2 is 1.85 bits per heavy atom. The molecular formula is C20H27ClN2O3. The summed E-state index contributed by atoms with van der Waals surface area (Å²) in [7, 11) is 1.68. The molecule has 2 aromatic carbocycles. The maximum Gasteiger partial charge on any atom is 0.224 e. The first-order valence-corrected chi connectivity index (χ1v) is 8.41. The van der Waals surface area contributed by atoms with Crippen LogP contribution in [0.4, 0.5) is 5.69 Å². The van der Waals surface area contributed by atoms with Crippen LogP contribution in [0, 0.1) is 6.92 Å². The van der Waals surface area contributed by atoms with Gasteiger partial charge in [0.1, 0.15) is 5.75 Å². The number of anilines is 1. The molecule has 0 spiro atoms. The van der Waals surface area contributed by atoms with Crippen molar-refractivity contribution >= 4 is 24.0 Å². The van der Waals surface area contributed by atoms with Crippen LogP contribution < -0.4 is 15.8 Å². The number of hydrogen-bond donors (Lipinski definition) is 2. The summed E-state index contributed by atoms with van der Waals surface area (Å²) in [6.45, 7) is 3.71. The number of ether oxygens (including phenoxy) is 2. The van der Waals surface area contributed by atoms with Gasteiger partial charge in [-0.05, 0) is 36.2 Å². The van der Waals surface area contributed by atoms with Gasteiger partial charge in [-0.3, -0.25) is 4.79 Å². The highest BCUT2D eigenvalue weighted by Gasteiger charge is 2.08. The molecule has 0 atom stereocenters. The number of nitrogens with one attached hydrogen (secondary N) is 1. The van der Waals surface area contributed by atoms with Crippen LogP contribution in [0.3, 0.4) is 0 Å². The van der Waals surface area contributed by atoms with Crippen LogP contribution in [0.2, 0.25) is 0 Å². The van der Waals surface area contributed by atoms with Crippen LogP contribution in [-0.2, 0) is 22.5 Å². The monoisotopic (exact) mass is 378 g/mol. The van der Waals surface area contributed by atoms with Crippen molar-refractivity contribution in [3.8, 4) is 5.75 Å². The van der Waals surface area contributed by atoms with Gasteiger partial charge in [0, 0.05) is 37.9 Å². The average Bonchev–Trinajstić information content (AvgIpc) is 2.60. The van der Waals surface area contributed by atoms with Crippen molar-refractivity contribution in [2.45, 2.75) is 26.3 Å². The maximum atomic E-state index is 12.1. The lowest BCUT2D eigenvalue weighted by Gasteiger charge is -2.13. The third kappa shape index (κ3) is 7.33. The standard InChI is InChI=1S/C20H26N2O3.ClH/c1-15-4-7-17(19(12-15)25-11-3-10-24-2)14-22-20(23)13-16-5-8-18(21)9-6-16;/h4-9,12H,3,10-11,13-14,21H2,1-2H3,(H,22,23);1H. The smallest absolute Gasteiger partial charge is 0.224 e. The van der Waals surface area contributed by atoms with Crippen molar-refractivity contribution in [3.05, 3.63) is 59.2 Å². The Balaban J connectivity index is 0.00000338. The third-order valence-electron chi connectivity index (χ3n) is 3.79. The maximum absolute atomic E-state index is 12.1. The Morgan fingerprint density at radius 3 is 2.54 bits per heavy atom. The van der Waals surface area contributed by atoms with Gasteiger partial charge >= 0.3 is 0 Å². The molecule has 0 aliphatic rings. The molecule has 0 radical (unpaired) electrons. The van der Waals surface area contributed by atoms with E-state index in [2.05, 4.69) is 5.32 Å². The van der Waals surface area contributed by atoms with Crippen LogP contribution in [0.1, 0.15) is 23.1 Å². The lowest BCUT2D eigenvalue weighted by molar-refractivity contribution is -0.120. The topological polar surface area (TPSA) is 73.6 Å². The molecule has 26 heavy (non-hydrogen) atoms. The van der Waals surface area contributed by atoms with E-state index >= 15 is 0 Å². The van der Waals surface area contributed by atoms with Crippen molar-refractivity contribution in [2.24, 2.45) is 0 Å². The van der Waals surface area contributed by atoms with Crippen molar-refractivity contribution in [1.82, 2.24) is 5.32 Å². The average molecular weight is 379 g/mol. The number of carbonyl (C=O) groups excluding carboxylic acids is 1. The summed E-state index contributed by atoms with van der Waals surface area (Å²) >= 11 is 0. The van der Waals surface area contributed by atoms with Crippen molar-refractivity contribution in [3.63, 3.8) is 0 Å². The number of rotatable bonds is 9. The highest BCUT2D eigenvalue weighted by molar-refractivity contribution is 5.85. The number of benzene rings is 2. The largest absolute Gasteiger partial charge is 0.493 e. The van der Waals surface area contributed by atoms with Gasteiger partial charge in [-0.15, -0.1) is 12.4 Å². The summed E-state index contributed by atoms with van der Waals surface area (Å²) in [5.74, 6) is 0.777. The van der Waals surface area contributed by atoms with E-state index in [1.807, 2.05) is 37.3 Å². The molecule has 2 rings (SSSR count). The Labute approximate surface area is 161 Å². The summed E-state index contributed by atoms with van der Waals surface area (Å²) in [5, 5.41) is 2.95. The van der Waals surface area contributed by atoms with Gasteiger partial charge in [0.15, 0.2) is 0 Å². The Bertz CT molecular complexity index is 690. The molecule has 0 heterocycles. The number of hydrogen-bond acceptors (Lipinski definition) is 4. The van der Waals surface area contributed by atoms with E-state index in [9.17, 15) is 4.79 Å². The fourth-order valence-electron chi connectivity index (χ4n) is 2.40. The van der Waals surface area contributed by atoms with E-state index < -0.39 is 0 Å². The van der Waals surface area contributed by atoms with Gasteiger partial charge < -0.3 is 20.5 Å². The van der Waals surface area contributed by atoms with Crippen LogP contribution in [-0.4, -0.2) is 26.2 Å². The van der Waals surface area contributed by atoms with Gasteiger partial charge in [0.2, 0.25) is 5.91 Å². The summed E-state index contributed by atoms with van der Waals surface area (Å²) in [6, 6.07) is 13.3. The second kappa shape index (κ2) is 11.4. The predicted octanol–water partition coefficient (Wildman–Crippen LogP) is 3.27. The van der Waals surface area contributed by atoms with E-state index in [0.29, 0.717) is 31.9 Å². The SMILES string of the molecule is COCCCOc1cc(C)ccc1CNC(=O)Cc1ccc(N)cc1.Cl. The Kier molecular flexibility index (Phi) is 9.55. The normalized spacial score (nSPS) is 10.1. The van der Waals surface area contributed by atoms with E-state index in [0.717, 1.165) is 28.9 Å². The van der Waals surface area contributed by atoms with Gasteiger partial charge in [0.05, 0.1) is 13.0 Å². The number of carbonyl (C=O) groups is 1. The van der Waals surface area contributed by atoms with E-state index in [1.165, 1.54) is 0 Å². The zero-order valence-corrected chi connectivity index (χ0v) is 16.1. The molecule has 142 valence electrons. The molecule has 6 heteroatoms. The highest BCUT2D eigenvalue weighted by atomic mass is 35.5. The first kappa shape index (κ1) is 21.8. The fourth-order valence-corrected chi connectivity index (χ4v) is 2.40. The van der Waals surface area contributed by atoms with Crippen molar-refractivity contribution < 1.29 is 14.3 Å². The van der Waals surface area contributed by atoms with Gasteiger partial charge in [-0.1, -0.05) is 24.3 Å². The summed E-state index contributed by atoms with van der Waals surface area (Å²) < 4.78 is 10.9. The number of nitrogens with two attached hydrogens (primary N) is 1. The van der Waals surface area contributed by atoms with Crippen molar-refractivity contribution in [2.75, 3.05) is 26.1 Å². The van der Waals surface area contributed by atoms with E-state index in [4.69, 9.17) is 15.2 Å². The zero-order chi connectivity index (χ0) is 18.1. The lowest BCUT2D eigenvalue weighted by Crippen LogP contribution is -2.25. The summed E-state index contributed by atoms with van der Waals surface area (Å²) in [5.41, 5.74) is 9.38. The minimum Gasteiger partial charge on any atom is -0.493 e. The third-order valence-corrected chi connectivity index (χ3v) is 3.79. The predicted molar refractivity (Wildman–Crippen MR) is 107 cm³/mol. The molecule has 0 aromatic heterocycles. The highest BCUT2D eigenvalue weighted by Crippen LogP contribution is 2.20. The molecule has 0 saturated carbocycles. The number of methoxy groups -OCH3 is 1. The van der Waals surface area contributed by atoms with E-state index in [-0.39, 0.29) is 18.3 Å². The fraction of sp³-hybridized carbons (Fsp3) is 0.350. The first-order valence-electron chi connectivity index (χ1n) is 8.41. The quantitative estimate of drug-likeness (QED) is 0.518. The van der Waals surface area contributed by atoms with Crippen LogP contribution >= 0.6 is 12.4 Å². The summed E-state index contributed by atoms with van der Waals surface area (Å²) in [4.78, 5) is 12.1. The second-order valence-electron chi connectivity index (χ2n) is 6.00. The zero-order valence-electron chi connectivity index (χ0n) is 15.3. The molecule has 0 aliphatic heterocycles. The number of nitrogen functional groups attached to an aromatic ring is 1. The number of amides is 1. The van der Waals surface area contributed by atoms with Gasteiger partial charge in [-0.25, -0.2) is 0 Å². The molecule has 0 aliphatic carbocycles. The molecule has 0 bridgehead atoms.